The normalized spacial score (nSPS) is 12.5. The number of anilines is 2. The van der Waals surface area contributed by atoms with E-state index in [9.17, 15) is 13.2 Å². The SMILES string of the molecule is CC(C(=O)Nc1ccc(Cl)c(Cl)c1)N(c1ccc(Cl)cc1)S(C)(=O)=O. The minimum Gasteiger partial charge on any atom is -0.324 e. The molecule has 0 aromatic heterocycles. The molecule has 0 bridgehead atoms. The van der Waals surface area contributed by atoms with Crippen LogP contribution in [0.15, 0.2) is 42.5 Å². The zero-order valence-corrected chi connectivity index (χ0v) is 16.4. The van der Waals surface area contributed by atoms with Gasteiger partial charge in [0.05, 0.1) is 22.0 Å². The number of halogens is 3. The first-order valence-electron chi connectivity index (χ1n) is 7.10. The van der Waals surface area contributed by atoms with Gasteiger partial charge >= 0.3 is 0 Å². The maximum Gasteiger partial charge on any atom is 0.247 e. The molecule has 2 aromatic carbocycles. The number of benzene rings is 2. The maximum atomic E-state index is 12.5. The Balaban J connectivity index is 2.29. The lowest BCUT2D eigenvalue weighted by atomic mass is 10.2. The molecule has 25 heavy (non-hydrogen) atoms. The largest absolute Gasteiger partial charge is 0.324 e. The first-order chi connectivity index (χ1) is 11.6. The predicted octanol–water partition coefficient (Wildman–Crippen LogP) is 4.44. The molecule has 5 nitrogen and oxygen atoms in total. The van der Waals surface area contributed by atoms with Gasteiger partial charge in [-0.05, 0) is 49.4 Å². The van der Waals surface area contributed by atoms with Gasteiger partial charge in [-0.2, -0.15) is 0 Å². The average Bonchev–Trinajstić information content (AvgIpc) is 2.51. The second-order valence-corrected chi connectivity index (χ2v) is 8.44. The molecule has 0 heterocycles. The van der Waals surface area contributed by atoms with E-state index < -0.39 is 22.0 Å². The first-order valence-corrected chi connectivity index (χ1v) is 10.1. The lowest BCUT2D eigenvalue weighted by molar-refractivity contribution is -0.116. The standard InChI is InChI=1S/C16H15Cl3N2O3S/c1-10(16(22)20-12-5-8-14(18)15(19)9-12)21(25(2,23)24)13-6-3-11(17)4-7-13/h3-10H,1-2H3,(H,20,22). The van der Waals surface area contributed by atoms with Crippen LogP contribution in [0.2, 0.25) is 15.1 Å². The summed E-state index contributed by atoms with van der Waals surface area (Å²) >= 11 is 17.6. The van der Waals surface area contributed by atoms with E-state index in [-0.39, 0.29) is 5.02 Å². The van der Waals surface area contributed by atoms with Gasteiger partial charge in [-0.3, -0.25) is 9.10 Å². The topological polar surface area (TPSA) is 66.5 Å². The van der Waals surface area contributed by atoms with Crippen LogP contribution in [-0.2, 0) is 14.8 Å². The molecule has 0 radical (unpaired) electrons. The zero-order valence-electron chi connectivity index (χ0n) is 13.3. The lowest BCUT2D eigenvalue weighted by Gasteiger charge is -2.28. The van der Waals surface area contributed by atoms with Crippen molar-refractivity contribution >= 4 is 62.1 Å². The molecule has 1 amide bonds. The third-order valence-electron chi connectivity index (χ3n) is 3.36. The van der Waals surface area contributed by atoms with Gasteiger partial charge in [-0.1, -0.05) is 34.8 Å². The summed E-state index contributed by atoms with van der Waals surface area (Å²) < 4.78 is 25.4. The number of rotatable bonds is 5. The summed E-state index contributed by atoms with van der Waals surface area (Å²) in [5, 5.41) is 3.73. The number of nitrogens with one attached hydrogen (secondary N) is 1. The van der Waals surface area contributed by atoms with E-state index in [0.717, 1.165) is 10.6 Å². The van der Waals surface area contributed by atoms with Crippen molar-refractivity contribution in [3.05, 3.63) is 57.5 Å². The molecule has 0 aliphatic rings. The van der Waals surface area contributed by atoms with Crippen LogP contribution in [0.3, 0.4) is 0 Å². The number of sulfonamides is 1. The Morgan fingerprint density at radius 1 is 1.04 bits per heavy atom. The number of hydrogen-bond acceptors (Lipinski definition) is 3. The average molecular weight is 422 g/mol. The molecule has 9 heteroatoms. The Bertz CT molecular complexity index is 886. The van der Waals surface area contributed by atoms with E-state index in [0.29, 0.717) is 21.4 Å². The highest BCUT2D eigenvalue weighted by molar-refractivity contribution is 7.92. The smallest absolute Gasteiger partial charge is 0.247 e. The maximum absolute atomic E-state index is 12.5. The van der Waals surface area contributed by atoms with Crippen LogP contribution in [-0.4, -0.2) is 26.6 Å². The van der Waals surface area contributed by atoms with Crippen molar-refractivity contribution < 1.29 is 13.2 Å². The lowest BCUT2D eigenvalue weighted by Crippen LogP contribution is -2.45. The summed E-state index contributed by atoms with van der Waals surface area (Å²) in [6.45, 7) is 1.49. The number of amides is 1. The Morgan fingerprint density at radius 3 is 2.16 bits per heavy atom. The molecule has 1 unspecified atom stereocenters. The monoisotopic (exact) mass is 420 g/mol. The molecule has 2 rings (SSSR count). The van der Waals surface area contributed by atoms with Crippen LogP contribution in [0.4, 0.5) is 11.4 Å². The van der Waals surface area contributed by atoms with Crippen molar-refractivity contribution in [2.45, 2.75) is 13.0 Å². The van der Waals surface area contributed by atoms with Gasteiger partial charge in [0.15, 0.2) is 0 Å². The molecular formula is C16H15Cl3N2O3S. The van der Waals surface area contributed by atoms with Crippen molar-refractivity contribution in [1.82, 2.24) is 0 Å². The fourth-order valence-electron chi connectivity index (χ4n) is 2.22. The Hall–Kier alpha value is -1.47. The minimum atomic E-state index is -3.70. The Kier molecular flexibility index (Phi) is 6.21. The number of hydrogen-bond donors (Lipinski definition) is 1. The summed E-state index contributed by atoms with van der Waals surface area (Å²) in [6.07, 6.45) is 1.03. The van der Waals surface area contributed by atoms with Crippen LogP contribution in [0.5, 0.6) is 0 Å². The summed E-state index contributed by atoms with van der Waals surface area (Å²) in [5.74, 6) is -0.515. The molecular weight excluding hydrogens is 407 g/mol. The third kappa shape index (κ3) is 5.01. The van der Waals surface area contributed by atoms with Gasteiger partial charge < -0.3 is 5.32 Å². The summed E-state index contributed by atoms with van der Waals surface area (Å²) in [4.78, 5) is 12.5. The van der Waals surface area contributed by atoms with Gasteiger partial charge in [0.25, 0.3) is 0 Å². The minimum absolute atomic E-state index is 0.282. The van der Waals surface area contributed by atoms with Crippen LogP contribution >= 0.6 is 34.8 Å². The van der Waals surface area contributed by atoms with Crippen molar-refractivity contribution in [1.29, 1.82) is 0 Å². The van der Waals surface area contributed by atoms with Gasteiger partial charge in [0.1, 0.15) is 6.04 Å². The summed E-state index contributed by atoms with van der Waals surface area (Å²) in [7, 11) is -3.70. The third-order valence-corrected chi connectivity index (χ3v) is 5.59. The fourth-order valence-corrected chi connectivity index (χ4v) is 3.82. The van der Waals surface area contributed by atoms with Crippen LogP contribution < -0.4 is 9.62 Å². The summed E-state index contributed by atoms with van der Waals surface area (Å²) in [5.41, 5.74) is 0.750. The van der Waals surface area contributed by atoms with Gasteiger partial charge in [0.2, 0.25) is 15.9 Å². The molecule has 0 aliphatic heterocycles. The summed E-state index contributed by atoms with van der Waals surface area (Å²) in [6, 6.07) is 9.78. The van der Waals surface area contributed by atoms with Gasteiger partial charge in [-0.15, -0.1) is 0 Å². The van der Waals surface area contributed by atoms with E-state index in [1.165, 1.54) is 31.2 Å². The first kappa shape index (κ1) is 19.8. The van der Waals surface area contributed by atoms with E-state index in [1.807, 2.05) is 0 Å². The molecule has 0 aliphatic carbocycles. The zero-order chi connectivity index (χ0) is 18.8. The number of carbonyl (C=O) groups is 1. The molecule has 0 saturated carbocycles. The molecule has 0 fully saturated rings. The van der Waals surface area contributed by atoms with E-state index in [4.69, 9.17) is 34.8 Å². The molecule has 0 saturated heterocycles. The van der Waals surface area contributed by atoms with Crippen LogP contribution in [0, 0.1) is 0 Å². The van der Waals surface area contributed by atoms with E-state index in [2.05, 4.69) is 5.32 Å². The highest BCUT2D eigenvalue weighted by Crippen LogP contribution is 2.26. The van der Waals surface area contributed by atoms with Crippen molar-refractivity contribution in [3.63, 3.8) is 0 Å². The molecule has 0 spiro atoms. The second kappa shape index (κ2) is 7.83. The number of nitrogens with zero attached hydrogens (tertiary/aromatic N) is 1. The van der Waals surface area contributed by atoms with Crippen LogP contribution in [0.25, 0.3) is 0 Å². The highest BCUT2D eigenvalue weighted by Gasteiger charge is 2.29. The second-order valence-electron chi connectivity index (χ2n) is 5.33. The van der Waals surface area contributed by atoms with Crippen LogP contribution in [0.1, 0.15) is 6.92 Å². The molecule has 2 aromatic rings. The number of carbonyl (C=O) groups excluding carboxylic acids is 1. The quantitative estimate of drug-likeness (QED) is 0.776. The Morgan fingerprint density at radius 2 is 1.64 bits per heavy atom. The predicted molar refractivity (Wildman–Crippen MR) is 103 cm³/mol. The highest BCUT2D eigenvalue weighted by atomic mass is 35.5. The van der Waals surface area contributed by atoms with E-state index >= 15 is 0 Å². The van der Waals surface area contributed by atoms with Gasteiger partial charge in [-0.25, -0.2) is 8.42 Å². The van der Waals surface area contributed by atoms with Crippen molar-refractivity contribution in [3.8, 4) is 0 Å². The molecule has 134 valence electrons. The van der Waals surface area contributed by atoms with Gasteiger partial charge in [0, 0.05) is 10.7 Å². The molecule has 1 atom stereocenters. The fraction of sp³-hybridized carbons (Fsp3) is 0.188. The molecule has 1 N–H and O–H groups in total. The van der Waals surface area contributed by atoms with Crippen molar-refractivity contribution in [2.75, 3.05) is 15.9 Å². The van der Waals surface area contributed by atoms with Crippen molar-refractivity contribution in [2.24, 2.45) is 0 Å². The van der Waals surface area contributed by atoms with E-state index in [1.54, 1.807) is 18.2 Å². The Labute approximate surface area is 161 Å².